The van der Waals surface area contributed by atoms with Crippen molar-refractivity contribution in [2.75, 3.05) is 0 Å². The standard InChI is InChI=1S/C18H19N/c1-3-7-15(8-4-1)17-11-13-18(19-17,14-12-17)16-9-5-2-6-10-16/h1-10,19H,11-14H2. The van der Waals surface area contributed by atoms with E-state index in [0.717, 1.165) is 0 Å². The fraction of sp³-hybridized carbons (Fsp3) is 0.333. The van der Waals surface area contributed by atoms with E-state index in [1.165, 1.54) is 36.8 Å². The monoisotopic (exact) mass is 249 g/mol. The normalized spacial score (nSPS) is 32.6. The minimum atomic E-state index is 0.219. The molecule has 0 unspecified atom stereocenters. The summed E-state index contributed by atoms with van der Waals surface area (Å²) in [5.41, 5.74) is 3.37. The summed E-state index contributed by atoms with van der Waals surface area (Å²) in [5, 5.41) is 3.99. The van der Waals surface area contributed by atoms with Crippen LogP contribution in [0.3, 0.4) is 0 Å². The number of hydrogen-bond acceptors (Lipinski definition) is 1. The first-order valence-electron chi connectivity index (χ1n) is 7.24. The van der Waals surface area contributed by atoms with Gasteiger partial charge in [0.05, 0.1) is 0 Å². The predicted octanol–water partition coefficient (Wildman–Crippen LogP) is 3.95. The average Bonchev–Trinajstić information content (AvgIpc) is 3.08. The molecule has 2 heterocycles. The van der Waals surface area contributed by atoms with Gasteiger partial charge in [0.15, 0.2) is 0 Å². The zero-order valence-corrected chi connectivity index (χ0v) is 11.1. The lowest BCUT2D eigenvalue weighted by Crippen LogP contribution is -2.38. The van der Waals surface area contributed by atoms with Crippen LogP contribution in [-0.2, 0) is 11.1 Å². The minimum Gasteiger partial charge on any atom is -0.298 e. The second-order valence-electron chi connectivity index (χ2n) is 6.02. The molecule has 1 nitrogen and oxygen atoms in total. The summed E-state index contributed by atoms with van der Waals surface area (Å²) in [4.78, 5) is 0. The highest BCUT2D eigenvalue weighted by atomic mass is 15.1. The Hall–Kier alpha value is -1.60. The lowest BCUT2D eigenvalue weighted by molar-refractivity contribution is 0.394. The Balaban J connectivity index is 1.73. The summed E-state index contributed by atoms with van der Waals surface area (Å²) in [6, 6.07) is 22.0. The van der Waals surface area contributed by atoms with Crippen LogP contribution in [0.5, 0.6) is 0 Å². The first-order chi connectivity index (χ1) is 9.33. The van der Waals surface area contributed by atoms with E-state index < -0.39 is 0 Å². The van der Waals surface area contributed by atoms with Gasteiger partial charge in [-0.25, -0.2) is 0 Å². The Morgan fingerprint density at radius 3 is 1.32 bits per heavy atom. The van der Waals surface area contributed by atoms with Crippen molar-refractivity contribution in [3.8, 4) is 0 Å². The van der Waals surface area contributed by atoms with Crippen LogP contribution in [0.1, 0.15) is 36.8 Å². The maximum Gasteiger partial charge on any atom is 0.0443 e. The van der Waals surface area contributed by atoms with Crippen LogP contribution in [0.4, 0.5) is 0 Å². The third-order valence-corrected chi connectivity index (χ3v) is 5.09. The van der Waals surface area contributed by atoms with Crippen LogP contribution in [0.15, 0.2) is 60.7 Å². The fourth-order valence-corrected chi connectivity index (χ4v) is 4.05. The molecule has 2 aromatic carbocycles. The van der Waals surface area contributed by atoms with Crippen LogP contribution in [-0.4, -0.2) is 0 Å². The first-order valence-corrected chi connectivity index (χ1v) is 7.24. The molecular weight excluding hydrogens is 230 g/mol. The van der Waals surface area contributed by atoms with Crippen molar-refractivity contribution in [2.24, 2.45) is 0 Å². The molecule has 0 amide bonds. The van der Waals surface area contributed by atoms with E-state index in [1.807, 2.05) is 0 Å². The molecule has 2 aliphatic rings. The van der Waals surface area contributed by atoms with E-state index in [0.29, 0.717) is 0 Å². The van der Waals surface area contributed by atoms with E-state index in [2.05, 4.69) is 66.0 Å². The molecule has 2 fully saturated rings. The fourth-order valence-electron chi connectivity index (χ4n) is 4.05. The van der Waals surface area contributed by atoms with Gasteiger partial charge < -0.3 is 0 Å². The Morgan fingerprint density at radius 1 is 0.579 bits per heavy atom. The third-order valence-electron chi connectivity index (χ3n) is 5.09. The number of rotatable bonds is 2. The van der Waals surface area contributed by atoms with Gasteiger partial charge in [-0.3, -0.25) is 5.32 Å². The highest BCUT2D eigenvalue weighted by Crippen LogP contribution is 2.54. The summed E-state index contributed by atoms with van der Waals surface area (Å²) in [7, 11) is 0. The highest BCUT2D eigenvalue weighted by molar-refractivity contribution is 5.36. The van der Waals surface area contributed by atoms with Gasteiger partial charge in [0.25, 0.3) is 0 Å². The van der Waals surface area contributed by atoms with Crippen molar-refractivity contribution in [1.82, 2.24) is 5.32 Å². The minimum absolute atomic E-state index is 0.219. The molecule has 0 aromatic heterocycles. The van der Waals surface area contributed by atoms with Gasteiger partial charge in [0, 0.05) is 11.1 Å². The van der Waals surface area contributed by atoms with Gasteiger partial charge in [0.1, 0.15) is 0 Å². The zero-order valence-electron chi connectivity index (χ0n) is 11.1. The molecule has 2 saturated heterocycles. The molecule has 2 bridgehead atoms. The molecule has 0 radical (unpaired) electrons. The van der Waals surface area contributed by atoms with Crippen molar-refractivity contribution in [1.29, 1.82) is 0 Å². The van der Waals surface area contributed by atoms with Gasteiger partial charge >= 0.3 is 0 Å². The topological polar surface area (TPSA) is 12.0 Å². The summed E-state index contributed by atoms with van der Waals surface area (Å²) < 4.78 is 0. The summed E-state index contributed by atoms with van der Waals surface area (Å²) in [5.74, 6) is 0. The molecule has 2 aromatic rings. The van der Waals surface area contributed by atoms with Crippen LogP contribution < -0.4 is 5.32 Å². The van der Waals surface area contributed by atoms with Gasteiger partial charge in [0.2, 0.25) is 0 Å². The van der Waals surface area contributed by atoms with Crippen molar-refractivity contribution in [3.05, 3.63) is 71.8 Å². The first kappa shape index (κ1) is 11.2. The van der Waals surface area contributed by atoms with E-state index in [9.17, 15) is 0 Å². The molecule has 4 rings (SSSR count). The second kappa shape index (κ2) is 3.94. The summed E-state index contributed by atoms with van der Waals surface area (Å²) in [6.07, 6.45) is 5.02. The Morgan fingerprint density at radius 2 is 0.947 bits per heavy atom. The van der Waals surface area contributed by atoms with Crippen LogP contribution >= 0.6 is 0 Å². The Kier molecular flexibility index (Phi) is 2.33. The molecular formula is C18H19N. The number of fused-ring (bicyclic) bond motifs is 2. The summed E-state index contributed by atoms with van der Waals surface area (Å²) >= 11 is 0. The van der Waals surface area contributed by atoms with Crippen LogP contribution in [0.25, 0.3) is 0 Å². The molecule has 19 heavy (non-hydrogen) atoms. The zero-order chi connectivity index (χ0) is 12.8. The van der Waals surface area contributed by atoms with E-state index in [1.54, 1.807) is 0 Å². The second-order valence-corrected chi connectivity index (χ2v) is 6.02. The Bertz CT molecular complexity index is 512. The molecule has 1 N–H and O–H groups in total. The molecule has 1 heteroatoms. The Labute approximate surface area is 114 Å². The maximum absolute atomic E-state index is 3.99. The average molecular weight is 249 g/mol. The van der Waals surface area contributed by atoms with Crippen molar-refractivity contribution in [2.45, 2.75) is 36.8 Å². The van der Waals surface area contributed by atoms with Gasteiger partial charge in [-0.05, 0) is 36.8 Å². The molecule has 0 atom stereocenters. The van der Waals surface area contributed by atoms with Crippen LogP contribution in [0.2, 0.25) is 0 Å². The number of hydrogen-bond donors (Lipinski definition) is 1. The van der Waals surface area contributed by atoms with E-state index in [-0.39, 0.29) is 11.1 Å². The van der Waals surface area contributed by atoms with Gasteiger partial charge in [-0.2, -0.15) is 0 Å². The maximum atomic E-state index is 3.99. The number of benzene rings is 2. The largest absolute Gasteiger partial charge is 0.298 e. The highest BCUT2D eigenvalue weighted by Gasteiger charge is 2.54. The van der Waals surface area contributed by atoms with E-state index in [4.69, 9.17) is 0 Å². The van der Waals surface area contributed by atoms with Gasteiger partial charge in [-0.15, -0.1) is 0 Å². The number of nitrogens with one attached hydrogen (secondary N) is 1. The predicted molar refractivity (Wildman–Crippen MR) is 77.8 cm³/mol. The molecule has 2 aliphatic heterocycles. The SMILES string of the molecule is c1ccc(C23CCC(c4ccccc4)(CC2)N3)cc1. The quantitative estimate of drug-likeness (QED) is 0.849. The molecule has 0 saturated carbocycles. The summed E-state index contributed by atoms with van der Waals surface area (Å²) in [6.45, 7) is 0. The van der Waals surface area contributed by atoms with Crippen molar-refractivity contribution < 1.29 is 0 Å². The third kappa shape index (κ3) is 1.58. The molecule has 96 valence electrons. The van der Waals surface area contributed by atoms with Crippen molar-refractivity contribution in [3.63, 3.8) is 0 Å². The molecule has 0 spiro atoms. The molecule has 0 aliphatic carbocycles. The smallest absolute Gasteiger partial charge is 0.0443 e. The van der Waals surface area contributed by atoms with Crippen molar-refractivity contribution >= 4 is 0 Å². The van der Waals surface area contributed by atoms with Gasteiger partial charge in [-0.1, -0.05) is 60.7 Å². The lowest BCUT2D eigenvalue weighted by Gasteiger charge is -2.26. The lowest BCUT2D eigenvalue weighted by atomic mass is 9.76. The van der Waals surface area contributed by atoms with E-state index >= 15 is 0 Å². The van der Waals surface area contributed by atoms with Crippen LogP contribution in [0, 0.1) is 0 Å².